The van der Waals surface area contributed by atoms with Gasteiger partial charge in [0.2, 0.25) is 10.1 Å². The van der Waals surface area contributed by atoms with Gasteiger partial charge < -0.3 is 14.8 Å². The van der Waals surface area contributed by atoms with Crippen LogP contribution in [0.15, 0.2) is 30.7 Å². The largest absolute Gasteiger partial charge is 0.360 e. The van der Waals surface area contributed by atoms with Crippen LogP contribution >= 0.6 is 11.3 Å². The van der Waals surface area contributed by atoms with Crippen LogP contribution in [0.1, 0.15) is 13.3 Å². The minimum Gasteiger partial charge on any atom is -0.360 e. The van der Waals surface area contributed by atoms with E-state index < -0.39 is 5.79 Å². The molecule has 1 saturated heterocycles. The normalized spacial score (nSPS) is 16.9. The number of nitrogens with zero attached hydrogens (tertiary/aromatic N) is 4. The van der Waals surface area contributed by atoms with Gasteiger partial charge in [-0.25, -0.2) is 9.50 Å². The van der Waals surface area contributed by atoms with Crippen molar-refractivity contribution < 1.29 is 9.47 Å². The summed E-state index contributed by atoms with van der Waals surface area (Å²) in [5.41, 5.74) is 1.87. The molecule has 23 heavy (non-hydrogen) atoms. The van der Waals surface area contributed by atoms with E-state index in [1.165, 1.54) is 11.3 Å². The van der Waals surface area contributed by atoms with Crippen LogP contribution in [0.4, 0.5) is 5.13 Å². The van der Waals surface area contributed by atoms with E-state index in [0.717, 1.165) is 34.3 Å². The molecule has 1 aliphatic rings. The van der Waals surface area contributed by atoms with Crippen molar-refractivity contribution >= 4 is 21.4 Å². The number of hydrogen-bond acceptors (Lipinski definition) is 7. The van der Waals surface area contributed by atoms with Crippen molar-refractivity contribution in [1.82, 2.24) is 19.6 Å². The Bertz CT molecular complexity index is 763. The Morgan fingerprint density at radius 2 is 2.26 bits per heavy atom. The molecule has 8 heteroatoms. The molecule has 1 N–H and O–H groups in total. The number of anilines is 1. The molecular weight excluding hydrogens is 314 g/mol. The molecule has 0 radical (unpaired) electrons. The number of rotatable bonds is 5. The van der Waals surface area contributed by atoms with Crippen molar-refractivity contribution in [3.05, 3.63) is 30.7 Å². The highest BCUT2D eigenvalue weighted by Gasteiger charge is 2.30. The fourth-order valence-corrected chi connectivity index (χ4v) is 3.33. The summed E-state index contributed by atoms with van der Waals surface area (Å²) in [5.74, 6) is -0.474. The maximum atomic E-state index is 5.58. The zero-order valence-electron chi connectivity index (χ0n) is 12.7. The molecule has 3 aromatic rings. The first-order chi connectivity index (χ1) is 11.2. The molecule has 0 saturated carbocycles. The first-order valence-corrected chi connectivity index (χ1v) is 8.32. The maximum Gasteiger partial charge on any atom is 0.214 e. The van der Waals surface area contributed by atoms with Crippen LogP contribution < -0.4 is 5.32 Å². The van der Waals surface area contributed by atoms with E-state index in [1.807, 2.05) is 25.3 Å². The van der Waals surface area contributed by atoms with Crippen molar-refractivity contribution in [1.29, 1.82) is 0 Å². The standard InChI is InChI=1S/C15H17N5O2S/c1-15(21-7-8-22-15)4-6-17-13-19-20-10-12(18-14(20)23-13)11-3-2-5-16-9-11/h2-3,5,9-10H,4,6-8H2,1H3,(H,17,19). The van der Waals surface area contributed by atoms with Crippen LogP contribution in [-0.2, 0) is 9.47 Å². The SMILES string of the molecule is CC1(CCNc2nn3cc(-c4cccnc4)nc3s2)OCCO1. The molecule has 0 spiro atoms. The van der Waals surface area contributed by atoms with E-state index in [9.17, 15) is 0 Å². The summed E-state index contributed by atoms with van der Waals surface area (Å²) in [7, 11) is 0. The second-order valence-electron chi connectivity index (χ2n) is 5.51. The third-order valence-electron chi connectivity index (χ3n) is 3.75. The summed E-state index contributed by atoms with van der Waals surface area (Å²) in [6.45, 7) is 4.04. The van der Waals surface area contributed by atoms with Crippen molar-refractivity contribution in [2.75, 3.05) is 25.1 Å². The van der Waals surface area contributed by atoms with Crippen LogP contribution in [-0.4, -0.2) is 45.1 Å². The van der Waals surface area contributed by atoms with Gasteiger partial charge in [-0.05, 0) is 19.1 Å². The third-order valence-corrected chi connectivity index (χ3v) is 4.63. The van der Waals surface area contributed by atoms with Crippen molar-refractivity contribution in [2.45, 2.75) is 19.1 Å². The van der Waals surface area contributed by atoms with Crippen LogP contribution in [0.3, 0.4) is 0 Å². The Balaban J connectivity index is 1.42. The molecule has 120 valence electrons. The molecule has 4 rings (SSSR count). The van der Waals surface area contributed by atoms with Crippen LogP contribution in [0.25, 0.3) is 16.2 Å². The Kier molecular flexibility index (Phi) is 3.72. The highest BCUT2D eigenvalue weighted by molar-refractivity contribution is 7.20. The van der Waals surface area contributed by atoms with Gasteiger partial charge in [-0.2, -0.15) is 0 Å². The Hall–Kier alpha value is -2.03. The zero-order valence-corrected chi connectivity index (χ0v) is 13.5. The lowest BCUT2D eigenvalue weighted by Crippen LogP contribution is -2.28. The van der Waals surface area contributed by atoms with Crippen LogP contribution in [0.5, 0.6) is 0 Å². The number of imidazole rings is 1. The van der Waals surface area contributed by atoms with Gasteiger partial charge in [0.25, 0.3) is 0 Å². The second-order valence-corrected chi connectivity index (χ2v) is 6.47. The van der Waals surface area contributed by atoms with Gasteiger partial charge in [0.15, 0.2) is 5.79 Å². The monoisotopic (exact) mass is 331 g/mol. The van der Waals surface area contributed by atoms with E-state index in [2.05, 4.69) is 20.4 Å². The second kappa shape index (κ2) is 5.88. The number of nitrogens with one attached hydrogen (secondary N) is 1. The lowest BCUT2D eigenvalue weighted by Gasteiger charge is -2.21. The van der Waals surface area contributed by atoms with Gasteiger partial charge in [0.1, 0.15) is 0 Å². The molecule has 1 aliphatic heterocycles. The predicted molar refractivity (Wildman–Crippen MR) is 87.5 cm³/mol. The smallest absolute Gasteiger partial charge is 0.214 e. The topological polar surface area (TPSA) is 73.6 Å². The molecule has 7 nitrogen and oxygen atoms in total. The summed E-state index contributed by atoms with van der Waals surface area (Å²) in [5, 5.41) is 8.65. The summed E-state index contributed by atoms with van der Waals surface area (Å²) < 4.78 is 13.0. The lowest BCUT2D eigenvalue weighted by molar-refractivity contribution is -0.144. The van der Waals surface area contributed by atoms with Gasteiger partial charge in [0.05, 0.1) is 25.1 Å². The molecule has 3 aromatic heterocycles. The van der Waals surface area contributed by atoms with Crippen molar-refractivity contribution in [3.8, 4) is 11.3 Å². The molecule has 0 unspecified atom stereocenters. The number of fused-ring (bicyclic) bond motifs is 1. The minimum atomic E-state index is -0.474. The summed E-state index contributed by atoms with van der Waals surface area (Å²) >= 11 is 1.52. The first-order valence-electron chi connectivity index (χ1n) is 7.50. The molecular formula is C15H17N5O2S. The maximum absolute atomic E-state index is 5.58. The average molecular weight is 331 g/mol. The molecule has 1 fully saturated rings. The van der Waals surface area contributed by atoms with Gasteiger partial charge in [0, 0.05) is 30.9 Å². The Morgan fingerprint density at radius 1 is 1.39 bits per heavy atom. The average Bonchev–Trinajstić information content (AvgIpc) is 3.23. The summed E-state index contributed by atoms with van der Waals surface area (Å²) in [4.78, 5) is 9.56. The minimum absolute atomic E-state index is 0.474. The van der Waals surface area contributed by atoms with E-state index >= 15 is 0 Å². The van der Waals surface area contributed by atoms with E-state index in [-0.39, 0.29) is 0 Å². The molecule has 0 atom stereocenters. The predicted octanol–water partition coefficient (Wildman–Crippen LogP) is 2.42. The Labute approximate surface area is 137 Å². The lowest BCUT2D eigenvalue weighted by atomic mass is 10.2. The van der Waals surface area contributed by atoms with E-state index in [1.54, 1.807) is 16.9 Å². The highest BCUT2D eigenvalue weighted by atomic mass is 32.1. The number of pyridine rings is 1. The summed E-state index contributed by atoms with van der Waals surface area (Å²) in [6.07, 6.45) is 6.24. The van der Waals surface area contributed by atoms with E-state index in [4.69, 9.17) is 9.47 Å². The van der Waals surface area contributed by atoms with Crippen LogP contribution in [0, 0.1) is 0 Å². The first kappa shape index (κ1) is 14.6. The molecule has 0 bridgehead atoms. The van der Waals surface area contributed by atoms with Crippen molar-refractivity contribution in [2.24, 2.45) is 0 Å². The fraction of sp³-hybridized carbons (Fsp3) is 0.400. The molecule has 0 amide bonds. The van der Waals surface area contributed by atoms with Gasteiger partial charge >= 0.3 is 0 Å². The fourth-order valence-electron chi connectivity index (χ4n) is 2.52. The zero-order chi connectivity index (χ0) is 15.7. The number of aromatic nitrogens is 4. The summed E-state index contributed by atoms with van der Waals surface area (Å²) in [6, 6.07) is 3.89. The molecule has 0 aliphatic carbocycles. The molecule has 4 heterocycles. The highest BCUT2D eigenvalue weighted by Crippen LogP contribution is 2.25. The Morgan fingerprint density at radius 3 is 3.00 bits per heavy atom. The van der Waals surface area contributed by atoms with Gasteiger partial charge in [-0.3, -0.25) is 4.98 Å². The van der Waals surface area contributed by atoms with Crippen molar-refractivity contribution in [3.63, 3.8) is 0 Å². The third kappa shape index (κ3) is 3.05. The van der Waals surface area contributed by atoms with E-state index in [0.29, 0.717) is 13.2 Å². The number of hydrogen-bond donors (Lipinski definition) is 1. The van der Waals surface area contributed by atoms with Crippen LogP contribution in [0.2, 0.25) is 0 Å². The quantitative estimate of drug-likeness (QED) is 0.774. The number of ether oxygens (including phenoxy) is 2. The molecule has 0 aromatic carbocycles. The van der Waals surface area contributed by atoms with Gasteiger partial charge in [-0.15, -0.1) is 5.10 Å². The van der Waals surface area contributed by atoms with Gasteiger partial charge in [-0.1, -0.05) is 11.3 Å².